The Bertz CT molecular complexity index is 858. The minimum Gasteiger partial charge on any atom is -0.497 e. The van der Waals surface area contributed by atoms with E-state index in [0.29, 0.717) is 22.7 Å². The van der Waals surface area contributed by atoms with Crippen molar-refractivity contribution in [2.45, 2.75) is 0 Å². The summed E-state index contributed by atoms with van der Waals surface area (Å²) in [6.45, 7) is 0. The first-order valence-electron chi connectivity index (χ1n) is 7.77. The number of anilines is 1. The summed E-state index contributed by atoms with van der Waals surface area (Å²) >= 11 is 0. The fourth-order valence-corrected chi connectivity index (χ4v) is 2.17. The van der Waals surface area contributed by atoms with E-state index in [0.717, 1.165) is 5.69 Å². The van der Waals surface area contributed by atoms with Crippen molar-refractivity contribution < 1.29 is 9.53 Å². The number of nitrogens with zero attached hydrogens (tertiary/aromatic N) is 2. The van der Waals surface area contributed by atoms with Crippen LogP contribution in [-0.2, 0) is 0 Å². The van der Waals surface area contributed by atoms with Crippen molar-refractivity contribution in [3.05, 3.63) is 84.4 Å². The SMILES string of the molecule is COc1ccc(C(=O)Nc2ccc(N=Nc3ccccc3)cc2)cc1. The lowest BCUT2D eigenvalue weighted by atomic mass is 10.2. The maximum absolute atomic E-state index is 12.2. The number of carbonyl (C=O) groups is 1. The van der Waals surface area contributed by atoms with E-state index in [1.54, 1.807) is 55.6 Å². The summed E-state index contributed by atoms with van der Waals surface area (Å²) in [6.07, 6.45) is 0. The van der Waals surface area contributed by atoms with Gasteiger partial charge in [0.25, 0.3) is 5.91 Å². The molecule has 3 rings (SSSR count). The summed E-state index contributed by atoms with van der Waals surface area (Å²) < 4.78 is 5.08. The quantitative estimate of drug-likeness (QED) is 0.639. The highest BCUT2D eigenvalue weighted by Crippen LogP contribution is 2.20. The molecule has 3 aromatic carbocycles. The molecule has 0 unspecified atom stereocenters. The van der Waals surface area contributed by atoms with E-state index in [-0.39, 0.29) is 5.91 Å². The summed E-state index contributed by atoms with van der Waals surface area (Å²) in [5, 5.41) is 11.2. The first-order valence-corrected chi connectivity index (χ1v) is 7.77. The molecule has 5 nitrogen and oxygen atoms in total. The van der Waals surface area contributed by atoms with Crippen molar-refractivity contribution >= 4 is 23.0 Å². The van der Waals surface area contributed by atoms with Crippen LogP contribution in [0, 0.1) is 0 Å². The average Bonchev–Trinajstić information content (AvgIpc) is 2.68. The number of hydrogen-bond acceptors (Lipinski definition) is 4. The number of amides is 1. The molecule has 3 aromatic rings. The van der Waals surface area contributed by atoms with Gasteiger partial charge in [-0.2, -0.15) is 10.2 Å². The summed E-state index contributed by atoms with van der Waals surface area (Å²) in [5.41, 5.74) is 2.76. The van der Waals surface area contributed by atoms with Crippen LogP contribution in [0.15, 0.2) is 89.1 Å². The van der Waals surface area contributed by atoms with Crippen LogP contribution in [0.4, 0.5) is 17.1 Å². The standard InChI is InChI=1S/C20H17N3O2/c1-25-19-13-7-15(8-14-19)20(24)21-16-9-11-18(12-10-16)23-22-17-5-3-2-4-6-17/h2-14H,1H3,(H,21,24). The Labute approximate surface area is 146 Å². The molecule has 0 spiro atoms. The predicted octanol–water partition coefficient (Wildman–Crippen LogP) is 5.36. The van der Waals surface area contributed by atoms with Crippen LogP contribution in [0.1, 0.15) is 10.4 Å². The summed E-state index contributed by atoms with van der Waals surface area (Å²) in [5.74, 6) is 0.533. The molecule has 0 aliphatic heterocycles. The van der Waals surface area contributed by atoms with Crippen LogP contribution >= 0.6 is 0 Å². The lowest BCUT2D eigenvalue weighted by Gasteiger charge is -2.06. The van der Waals surface area contributed by atoms with Crippen LogP contribution < -0.4 is 10.1 Å². The molecular weight excluding hydrogens is 314 g/mol. The molecule has 0 heterocycles. The van der Waals surface area contributed by atoms with Gasteiger partial charge in [0.1, 0.15) is 5.75 Å². The van der Waals surface area contributed by atoms with E-state index in [9.17, 15) is 4.79 Å². The van der Waals surface area contributed by atoms with Gasteiger partial charge in [-0.1, -0.05) is 18.2 Å². The molecule has 0 aromatic heterocycles. The summed E-state index contributed by atoms with van der Waals surface area (Å²) in [6, 6.07) is 23.6. The minimum absolute atomic E-state index is 0.179. The van der Waals surface area contributed by atoms with Gasteiger partial charge in [0, 0.05) is 11.3 Å². The normalized spacial score (nSPS) is 10.6. The topological polar surface area (TPSA) is 63.0 Å². The van der Waals surface area contributed by atoms with Gasteiger partial charge in [-0.15, -0.1) is 0 Å². The van der Waals surface area contributed by atoms with Crippen molar-refractivity contribution in [2.75, 3.05) is 12.4 Å². The lowest BCUT2D eigenvalue weighted by molar-refractivity contribution is 0.102. The first kappa shape index (κ1) is 16.4. The highest BCUT2D eigenvalue weighted by Gasteiger charge is 2.06. The van der Waals surface area contributed by atoms with Crippen molar-refractivity contribution in [3.8, 4) is 5.75 Å². The number of carbonyl (C=O) groups excluding carboxylic acids is 1. The molecule has 0 radical (unpaired) electrons. The third-order valence-electron chi connectivity index (χ3n) is 3.51. The Hall–Kier alpha value is -3.47. The Kier molecular flexibility index (Phi) is 5.16. The van der Waals surface area contributed by atoms with Crippen molar-refractivity contribution in [1.82, 2.24) is 0 Å². The number of nitrogens with one attached hydrogen (secondary N) is 1. The number of azo groups is 1. The highest BCUT2D eigenvalue weighted by molar-refractivity contribution is 6.04. The molecule has 0 saturated heterocycles. The van der Waals surface area contributed by atoms with E-state index < -0.39 is 0 Å². The van der Waals surface area contributed by atoms with Crippen LogP contribution in [-0.4, -0.2) is 13.0 Å². The fraction of sp³-hybridized carbons (Fsp3) is 0.0500. The first-order chi connectivity index (χ1) is 12.2. The molecule has 124 valence electrons. The van der Waals surface area contributed by atoms with Gasteiger partial charge in [0.15, 0.2) is 0 Å². The van der Waals surface area contributed by atoms with Crippen LogP contribution in [0.3, 0.4) is 0 Å². The van der Waals surface area contributed by atoms with Gasteiger partial charge in [-0.05, 0) is 60.7 Å². The Balaban J connectivity index is 1.63. The van der Waals surface area contributed by atoms with Crippen molar-refractivity contribution in [3.63, 3.8) is 0 Å². The molecule has 1 amide bonds. The highest BCUT2D eigenvalue weighted by atomic mass is 16.5. The smallest absolute Gasteiger partial charge is 0.255 e. The molecule has 0 fully saturated rings. The van der Waals surface area contributed by atoms with E-state index >= 15 is 0 Å². The molecular formula is C20H17N3O2. The molecule has 0 aliphatic rings. The van der Waals surface area contributed by atoms with Gasteiger partial charge >= 0.3 is 0 Å². The zero-order chi connectivity index (χ0) is 17.5. The van der Waals surface area contributed by atoms with E-state index in [4.69, 9.17) is 4.74 Å². The minimum atomic E-state index is -0.179. The monoisotopic (exact) mass is 331 g/mol. The molecule has 0 saturated carbocycles. The van der Waals surface area contributed by atoms with Crippen LogP contribution in [0.5, 0.6) is 5.75 Å². The summed E-state index contributed by atoms with van der Waals surface area (Å²) in [7, 11) is 1.59. The molecule has 1 N–H and O–H groups in total. The second kappa shape index (κ2) is 7.88. The van der Waals surface area contributed by atoms with Crippen molar-refractivity contribution in [2.24, 2.45) is 10.2 Å². The van der Waals surface area contributed by atoms with Gasteiger partial charge in [0.2, 0.25) is 0 Å². The Morgan fingerprint density at radius 3 is 2.00 bits per heavy atom. The Morgan fingerprint density at radius 1 is 0.800 bits per heavy atom. The largest absolute Gasteiger partial charge is 0.497 e. The third kappa shape index (κ3) is 4.51. The third-order valence-corrected chi connectivity index (χ3v) is 3.51. The molecule has 0 bridgehead atoms. The van der Waals surface area contributed by atoms with E-state index in [2.05, 4.69) is 15.5 Å². The van der Waals surface area contributed by atoms with Crippen LogP contribution in [0.25, 0.3) is 0 Å². The molecule has 0 aliphatic carbocycles. The second-order valence-corrected chi connectivity index (χ2v) is 5.27. The van der Waals surface area contributed by atoms with Crippen molar-refractivity contribution in [1.29, 1.82) is 0 Å². The Morgan fingerprint density at radius 2 is 1.40 bits per heavy atom. The number of ether oxygens (including phenoxy) is 1. The number of rotatable bonds is 5. The number of benzene rings is 3. The molecule has 25 heavy (non-hydrogen) atoms. The number of hydrogen-bond donors (Lipinski definition) is 1. The van der Waals surface area contributed by atoms with Gasteiger partial charge < -0.3 is 10.1 Å². The maximum atomic E-state index is 12.2. The molecule has 5 heteroatoms. The van der Waals surface area contributed by atoms with E-state index in [1.165, 1.54) is 0 Å². The lowest BCUT2D eigenvalue weighted by Crippen LogP contribution is -2.11. The fourth-order valence-electron chi connectivity index (χ4n) is 2.17. The predicted molar refractivity (Wildman–Crippen MR) is 98.0 cm³/mol. The van der Waals surface area contributed by atoms with Gasteiger partial charge in [-0.25, -0.2) is 0 Å². The summed E-state index contributed by atoms with van der Waals surface area (Å²) in [4.78, 5) is 12.2. The van der Waals surface area contributed by atoms with Crippen LogP contribution in [0.2, 0.25) is 0 Å². The van der Waals surface area contributed by atoms with Gasteiger partial charge in [-0.3, -0.25) is 4.79 Å². The second-order valence-electron chi connectivity index (χ2n) is 5.27. The van der Waals surface area contributed by atoms with Gasteiger partial charge in [0.05, 0.1) is 18.5 Å². The zero-order valence-electron chi connectivity index (χ0n) is 13.7. The average molecular weight is 331 g/mol. The van der Waals surface area contributed by atoms with E-state index in [1.807, 2.05) is 30.3 Å². The maximum Gasteiger partial charge on any atom is 0.255 e. The zero-order valence-corrected chi connectivity index (χ0v) is 13.7. The number of methoxy groups -OCH3 is 1. The molecule has 0 atom stereocenters.